The summed E-state index contributed by atoms with van der Waals surface area (Å²) in [7, 11) is -4.01. The van der Waals surface area contributed by atoms with Gasteiger partial charge in [-0.3, -0.25) is 4.79 Å². The van der Waals surface area contributed by atoms with Crippen molar-refractivity contribution in [3.8, 4) is 5.75 Å². The summed E-state index contributed by atoms with van der Waals surface area (Å²) in [6.07, 6.45) is 0.200. The Hall–Kier alpha value is -2.87. The SMILES string of the molecule is CCOc1ccc(S(=O)(=O)NC(Cc2ccccc2)C(=O)NCc2ccccc2)cc1Cl. The molecule has 1 unspecified atom stereocenters. The number of amides is 1. The van der Waals surface area contributed by atoms with Crippen LogP contribution >= 0.6 is 11.6 Å². The topological polar surface area (TPSA) is 84.5 Å². The Bertz CT molecular complexity index is 1140. The Morgan fingerprint density at radius 1 is 0.969 bits per heavy atom. The summed E-state index contributed by atoms with van der Waals surface area (Å²) >= 11 is 6.16. The van der Waals surface area contributed by atoms with Crippen molar-refractivity contribution in [2.45, 2.75) is 30.8 Å². The van der Waals surface area contributed by atoms with E-state index in [9.17, 15) is 13.2 Å². The molecule has 0 saturated carbocycles. The van der Waals surface area contributed by atoms with Gasteiger partial charge in [0.1, 0.15) is 11.8 Å². The number of sulfonamides is 1. The summed E-state index contributed by atoms with van der Waals surface area (Å²) in [4.78, 5) is 12.9. The fourth-order valence-electron chi connectivity index (χ4n) is 3.12. The van der Waals surface area contributed by atoms with Gasteiger partial charge in [0.25, 0.3) is 0 Å². The van der Waals surface area contributed by atoms with Gasteiger partial charge >= 0.3 is 0 Å². The van der Waals surface area contributed by atoms with Crippen LogP contribution < -0.4 is 14.8 Å². The average Bonchev–Trinajstić information content (AvgIpc) is 2.79. The van der Waals surface area contributed by atoms with Crippen molar-refractivity contribution in [1.82, 2.24) is 10.0 Å². The zero-order valence-electron chi connectivity index (χ0n) is 17.6. The van der Waals surface area contributed by atoms with Gasteiger partial charge < -0.3 is 10.1 Å². The van der Waals surface area contributed by atoms with Crippen LogP contribution in [0.5, 0.6) is 5.75 Å². The molecule has 3 aromatic carbocycles. The first-order valence-electron chi connectivity index (χ1n) is 10.2. The van der Waals surface area contributed by atoms with Gasteiger partial charge in [-0.15, -0.1) is 0 Å². The standard InChI is InChI=1S/C24H25ClN2O4S/c1-2-31-23-14-13-20(16-21(23)25)32(29,30)27-22(15-18-9-5-3-6-10-18)24(28)26-17-19-11-7-4-8-12-19/h3-14,16,22,27H,2,15,17H2,1H3,(H,26,28). The van der Waals surface area contributed by atoms with E-state index < -0.39 is 22.0 Å². The number of carbonyl (C=O) groups is 1. The highest BCUT2D eigenvalue weighted by atomic mass is 35.5. The van der Waals surface area contributed by atoms with Crippen LogP contribution in [0.15, 0.2) is 83.8 Å². The fourth-order valence-corrected chi connectivity index (χ4v) is 4.64. The van der Waals surface area contributed by atoms with Crippen molar-refractivity contribution in [3.05, 3.63) is 95.0 Å². The van der Waals surface area contributed by atoms with Gasteiger partial charge in [-0.2, -0.15) is 4.72 Å². The summed E-state index contributed by atoms with van der Waals surface area (Å²) in [6.45, 7) is 2.51. The maximum absolute atomic E-state index is 13.0. The fraction of sp³-hybridized carbons (Fsp3) is 0.208. The molecule has 0 bridgehead atoms. The first-order chi connectivity index (χ1) is 15.4. The highest BCUT2D eigenvalue weighted by Gasteiger charge is 2.26. The molecule has 2 N–H and O–H groups in total. The monoisotopic (exact) mass is 472 g/mol. The molecule has 0 heterocycles. The Morgan fingerprint density at radius 2 is 1.59 bits per heavy atom. The summed E-state index contributed by atoms with van der Waals surface area (Å²) < 4.78 is 34.0. The number of nitrogens with one attached hydrogen (secondary N) is 2. The molecule has 6 nitrogen and oxygen atoms in total. The van der Waals surface area contributed by atoms with E-state index in [0.717, 1.165) is 11.1 Å². The molecule has 0 aliphatic heterocycles. The van der Waals surface area contributed by atoms with Crippen LogP contribution in [0.3, 0.4) is 0 Å². The maximum atomic E-state index is 13.0. The van der Waals surface area contributed by atoms with Crippen LogP contribution in [0.4, 0.5) is 0 Å². The van der Waals surface area contributed by atoms with Gasteiger partial charge in [0.15, 0.2) is 0 Å². The normalized spacial score (nSPS) is 12.2. The zero-order valence-corrected chi connectivity index (χ0v) is 19.2. The van der Waals surface area contributed by atoms with Crippen LogP contribution in [0.2, 0.25) is 5.02 Å². The predicted molar refractivity (Wildman–Crippen MR) is 125 cm³/mol. The minimum Gasteiger partial charge on any atom is -0.492 e. The minimum atomic E-state index is -4.01. The second-order valence-electron chi connectivity index (χ2n) is 7.09. The number of rotatable bonds is 10. The van der Waals surface area contributed by atoms with Crippen LogP contribution in [-0.2, 0) is 27.8 Å². The summed E-state index contributed by atoms with van der Waals surface area (Å²) in [5, 5.41) is 3.00. The summed E-state index contributed by atoms with van der Waals surface area (Å²) in [6, 6.07) is 21.9. The van der Waals surface area contributed by atoms with Crippen LogP contribution in [-0.4, -0.2) is 27.0 Å². The minimum absolute atomic E-state index is 0.0418. The molecule has 3 rings (SSSR count). The molecule has 1 atom stereocenters. The van der Waals surface area contributed by atoms with E-state index in [2.05, 4.69) is 10.0 Å². The highest BCUT2D eigenvalue weighted by molar-refractivity contribution is 7.89. The number of carbonyl (C=O) groups excluding carboxylic acids is 1. The van der Waals surface area contributed by atoms with Crippen LogP contribution in [0.25, 0.3) is 0 Å². The number of hydrogen-bond acceptors (Lipinski definition) is 4. The Morgan fingerprint density at radius 3 is 2.19 bits per heavy atom. The third-order valence-electron chi connectivity index (χ3n) is 4.72. The first kappa shape index (κ1) is 23.8. The van der Waals surface area contributed by atoms with E-state index in [-0.39, 0.29) is 16.3 Å². The molecule has 0 aromatic heterocycles. The lowest BCUT2D eigenvalue weighted by Gasteiger charge is -2.19. The second-order valence-corrected chi connectivity index (χ2v) is 9.21. The van der Waals surface area contributed by atoms with Crippen LogP contribution in [0.1, 0.15) is 18.1 Å². The largest absolute Gasteiger partial charge is 0.492 e. The number of halogens is 1. The Labute approximate surface area is 193 Å². The second kappa shape index (κ2) is 11.1. The van der Waals surface area contributed by atoms with Crippen molar-refractivity contribution in [2.75, 3.05) is 6.61 Å². The third-order valence-corrected chi connectivity index (χ3v) is 6.48. The molecule has 0 aliphatic rings. The average molecular weight is 473 g/mol. The predicted octanol–water partition coefficient (Wildman–Crippen LogP) is 3.94. The van der Waals surface area contributed by atoms with Crippen molar-refractivity contribution >= 4 is 27.5 Å². The highest BCUT2D eigenvalue weighted by Crippen LogP contribution is 2.27. The maximum Gasteiger partial charge on any atom is 0.241 e. The van der Waals surface area contributed by atoms with E-state index in [1.54, 1.807) is 0 Å². The zero-order chi connectivity index (χ0) is 23.0. The van der Waals surface area contributed by atoms with Crippen molar-refractivity contribution in [3.63, 3.8) is 0 Å². The molecule has 168 valence electrons. The van der Waals surface area contributed by atoms with E-state index >= 15 is 0 Å². The molecule has 0 fully saturated rings. The van der Waals surface area contributed by atoms with Gasteiger partial charge in [0, 0.05) is 6.54 Å². The molecule has 0 saturated heterocycles. The van der Waals surface area contributed by atoms with Crippen molar-refractivity contribution in [2.24, 2.45) is 0 Å². The molecule has 1 amide bonds. The first-order valence-corrected chi connectivity index (χ1v) is 12.1. The van der Waals surface area contributed by atoms with Gasteiger partial charge in [-0.25, -0.2) is 8.42 Å². The van der Waals surface area contributed by atoms with E-state index in [1.807, 2.05) is 67.6 Å². The van der Waals surface area contributed by atoms with E-state index in [1.165, 1.54) is 18.2 Å². The molecule has 8 heteroatoms. The smallest absolute Gasteiger partial charge is 0.241 e. The molecule has 0 aliphatic carbocycles. The van der Waals surface area contributed by atoms with Crippen molar-refractivity contribution in [1.29, 1.82) is 0 Å². The quantitative estimate of drug-likeness (QED) is 0.468. The van der Waals surface area contributed by atoms with Crippen LogP contribution in [0, 0.1) is 0 Å². The Balaban J connectivity index is 1.80. The van der Waals surface area contributed by atoms with E-state index in [0.29, 0.717) is 18.9 Å². The number of hydrogen-bond donors (Lipinski definition) is 2. The van der Waals surface area contributed by atoms with Gasteiger partial charge in [0.2, 0.25) is 15.9 Å². The lowest BCUT2D eigenvalue weighted by molar-refractivity contribution is -0.122. The molecule has 32 heavy (non-hydrogen) atoms. The molecule has 0 spiro atoms. The Kier molecular flexibility index (Phi) is 8.27. The van der Waals surface area contributed by atoms with Gasteiger partial charge in [-0.1, -0.05) is 72.3 Å². The third kappa shape index (κ3) is 6.56. The van der Waals surface area contributed by atoms with Gasteiger partial charge in [-0.05, 0) is 42.7 Å². The van der Waals surface area contributed by atoms with Crippen molar-refractivity contribution < 1.29 is 17.9 Å². The molecule has 3 aromatic rings. The number of ether oxygens (including phenoxy) is 1. The molecular weight excluding hydrogens is 448 g/mol. The molecule has 0 radical (unpaired) electrons. The number of benzene rings is 3. The van der Waals surface area contributed by atoms with Gasteiger partial charge in [0.05, 0.1) is 16.5 Å². The summed E-state index contributed by atoms with van der Waals surface area (Å²) in [5.74, 6) is -0.0205. The summed E-state index contributed by atoms with van der Waals surface area (Å²) in [5.41, 5.74) is 1.75. The van der Waals surface area contributed by atoms with E-state index in [4.69, 9.17) is 16.3 Å². The lowest BCUT2D eigenvalue weighted by Crippen LogP contribution is -2.47. The lowest BCUT2D eigenvalue weighted by atomic mass is 10.1. The molecular formula is C24H25ClN2O4S.